The van der Waals surface area contributed by atoms with Crippen LogP contribution in [-0.2, 0) is 21.1 Å². The van der Waals surface area contributed by atoms with E-state index in [2.05, 4.69) is 19.1 Å². The largest absolute Gasteiger partial charge is 0.338 e. The number of hydrogen-bond acceptors (Lipinski definition) is 4. The van der Waals surface area contributed by atoms with Crippen LogP contribution in [0.15, 0.2) is 12.1 Å². The Balaban J connectivity index is 1.80. The summed E-state index contributed by atoms with van der Waals surface area (Å²) in [6, 6.07) is 4.02. The minimum Gasteiger partial charge on any atom is -0.338 e. The second-order valence-electron chi connectivity index (χ2n) is 5.42. The number of hydrogen-bond donors (Lipinski definition) is 0. The maximum absolute atomic E-state index is 12.1. The Morgan fingerprint density at radius 1 is 1.45 bits per heavy atom. The van der Waals surface area contributed by atoms with Crippen LogP contribution in [0.4, 0.5) is 0 Å². The Morgan fingerprint density at radius 3 is 2.80 bits per heavy atom. The summed E-state index contributed by atoms with van der Waals surface area (Å²) in [5, 5.41) is 0. The third kappa shape index (κ3) is 4.06. The van der Waals surface area contributed by atoms with Crippen LogP contribution in [0.2, 0.25) is 0 Å². The highest BCUT2D eigenvalue weighted by molar-refractivity contribution is 7.91. The van der Waals surface area contributed by atoms with Crippen LogP contribution in [0.1, 0.15) is 29.5 Å². The first-order valence-corrected chi connectivity index (χ1v) is 9.56. The van der Waals surface area contributed by atoms with Gasteiger partial charge in [-0.05, 0) is 38.8 Å². The molecule has 2 heterocycles. The Morgan fingerprint density at radius 2 is 2.20 bits per heavy atom. The van der Waals surface area contributed by atoms with E-state index in [4.69, 9.17) is 0 Å². The average Bonchev–Trinajstić information content (AvgIpc) is 2.73. The van der Waals surface area contributed by atoms with Crippen molar-refractivity contribution in [3.8, 4) is 0 Å². The van der Waals surface area contributed by atoms with Crippen molar-refractivity contribution in [2.24, 2.45) is 0 Å². The number of sulfone groups is 1. The second kappa shape index (κ2) is 6.26. The predicted octanol–water partition coefficient (Wildman–Crippen LogP) is 2.02. The quantitative estimate of drug-likeness (QED) is 0.854. The highest BCUT2D eigenvalue weighted by Gasteiger charge is 2.30. The molecule has 0 bridgehead atoms. The van der Waals surface area contributed by atoms with Gasteiger partial charge in [0.2, 0.25) is 5.91 Å². The zero-order valence-electron chi connectivity index (χ0n) is 12.0. The maximum Gasteiger partial charge on any atom is 0.222 e. The van der Waals surface area contributed by atoms with Gasteiger partial charge in [0.15, 0.2) is 9.84 Å². The minimum absolute atomic E-state index is 0.0840. The summed E-state index contributed by atoms with van der Waals surface area (Å²) < 4.78 is 23.0. The molecule has 0 aliphatic carbocycles. The molecular weight excluding hydrogens is 294 g/mol. The number of thiophene rings is 1. The number of nitrogens with zero attached hydrogens (tertiary/aromatic N) is 1. The van der Waals surface area contributed by atoms with Crippen molar-refractivity contribution in [1.82, 2.24) is 4.90 Å². The fourth-order valence-electron chi connectivity index (χ4n) is 2.55. The second-order valence-corrected chi connectivity index (χ2v) is 9.02. The maximum atomic E-state index is 12.1. The Bertz CT molecular complexity index is 577. The molecular formula is C14H21NO3S2. The van der Waals surface area contributed by atoms with Gasteiger partial charge in [-0.3, -0.25) is 4.79 Å². The Labute approximate surface area is 124 Å². The summed E-state index contributed by atoms with van der Waals surface area (Å²) in [4.78, 5) is 16.5. The van der Waals surface area contributed by atoms with E-state index in [1.54, 1.807) is 16.2 Å². The molecule has 1 aromatic rings. The molecule has 1 aromatic heterocycles. The van der Waals surface area contributed by atoms with Gasteiger partial charge in [0.1, 0.15) is 0 Å². The molecule has 1 fully saturated rings. The zero-order valence-corrected chi connectivity index (χ0v) is 13.6. The smallest absolute Gasteiger partial charge is 0.222 e. The lowest BCUT2D eigenvalue weighted by Gasteiger charge is -2.33. The molecule has 6 heteroatoms. The number of carbonyl (C=O) groups is 1. The van der Waals surface area contributed by atoms with Crippen LogP contribution in [-0.4, -0.2) is 43.3 Å². The topological polar surface area (TPSA) is 54.5 Å². The lowest BCUT2D eigenvalue weighted by atomic mass is 10.2. The van der Waals surface area contributed by atoms with E-state index < -0.39 is 9.84 Å². The molecule has 1 aliphatic heterocycles. The van der Waals surface area contributed by atoms with Gasteiger partial charge in [-0.25, -0.2) is 8.42 Å². The zero-order chi connectivity index (χ0) is 14.8. The molecule has 112 valence electrons. The van der Waals surface area contributed by atoms with E-state index in [0.717, 1.165) is 12.8 Å². The molecule has 0 saturated carbocycles. The van der Waals surface area contributed by atoms with Gasteiger partial charge in [0, 0.05) is 28.8 Å². The van der Waals surface area contributed by atoms with Crippen LogP contribution < -0.4 is 0 Å². The first-order valence-electron chi connectivity index (χ1n) is 6.92. The monoisotopic (exact) mass is 315 g/mol. The molecule has 0 unspecified atom stereocenters. The summed E-state index contributed by atoms with van der Waals surface area (Å²) >= 11 is 1.77. The van der Waals surface area contributed by atoms with Crippen molar-refractivity contribution in [2.75, 3.05) is 18.1 Å². The van der Waals surface area contributed by atoms with Crippen LogP contribution in [0.5, 0.6) is 0 Å². The lowest BCUT2D eigenvalue weighted by molar-refractivity contribution is -0.132. The number of amides is 1. The van der Waals surface area contributed by atoms with Gasteiger partial charge >= 0.3 is 0 Å². The van der Waals surface area contributed by atoms with Crippen LogP contribution in [0.3, 0.4) is 0 Å². The third-order valence-corrected chi connectivity index (χ3v) is 6.46. The number of aryl methyl sites for hydroxylation is 2. The highest BCUT2D eigenvalue weighted by atomic mass is 32.2. The molecule has 1 aliphatic rings. The number of rotatable bonds is 4. The highest BCUT2D eigenvalue weighted by Crippen LogP contribution is 2.18. The fourth-order valence-corrected chi connectivity index (χ4v) is 5.03. The summed E-state index contributed by atoms with van der Waals surface area (Å²) in [6.07, 6.45) is 2.25. The minimum atomic E-state index is -2.95. The standard InChI is InChI=1S/C14H21NO3S2/c1-11-10-20(17,18)9-8-15(11)14(16)5-3-4-13-7-6-12(2)19-13/h6-7,11H,3-5,8-10H2,1-2H3/t11-/m0/s1. The van der Waals surface area contributed by atoms with E-state index >= 15 is 0 Å². The lowest BCUT2D eigenvalue weighted by Crippen LogP contribution is -2.49. The summed E-state index contributed by atoms with van der Waals surface area (Å²) in [7, 11) is -2.95. The Hall–Kier alpha value is -0.880. The molecule has 1 saturated heterocycles. The van der Waals surface area contributed by atoms with E-state index in [1.807, 2.05) is 6.92 Å². The molecule has 0 radical (unpaired) electrons. The molecule has 0 N–H and O–H groups in total. The molecule has 0 aromatic carbocycles. The molecule has 1 amide bonds. The summed E-state index contributed by atoms with van der Waals surface area (Å²) in [5.41, 5.74) is 0. The summed E-state index contributed by atoms with van der Waals surface area (Å²) in [5.74, 6) is 0.288. The van der Waals surface area contributed by atoms with E-state index in [9.17, 15) is 13.2 Å². The van der Waals surface area contributed by atoms with Crippen LogP contribution in [0, 0.1) is 6.92 Å². The first-order chi connectivity index (χ1) is 9.37. The number of carbonyl (C=O) groups excluding carboxylic acids is 1. The van der Waals surface area contributed by atoms with Crippen molar-refractivity contribution >= 4 is 27.1 Å². The SMILES string of the molecule is Cc1ccc(CCCC(=O)N2CCS(=O)(=O)C[C@@H]2C)s1. The molecule has 20 heavy (non-hydrogen) atoms. The van der Waals surface area contributed by atoms with Crippen LogP contribution >= 0.6 is 11.3 Å². The molecule has 0 spiro atoms. The van der Waals surface area contributed by atoms with Crippen molar-refractivity contribution in [1.29, 1.82) is 0 Å². The van der Waals surface area contributed by atoms with Gasteiger partial charge < -0.3 is 4.90 Å². The van der Waals surface area contributed by atoms with Gasteiger partial charge in [-0.15, -0.1) is 11.3 Å². The molecule has 1 atom stereocenters. The van der Waals surface area contributed by atoms with Crippen molar-refractivity contribution < 1.29 is 13.2 Å². The predicted molar refractivity (Wildman–Crippen MR) is 81.8 cm³/mol. The molecule has 2 rings (SSSR count). The van der Waals surface area contributed by atoms with Crippen LogP contribution in [0.25, 0.3) is 0 Å². The van der Waals surface area contributed by atoms with Crippen molar-refractivity contribution in [2.45, 2.75) is 39.2 Å². The van der Waals surface area contributed by atoms with Gasteiger partial charge in [-0.2, -0.15) is 0 Å². The Kier molecular flexibility index (Phi) is 4.86. The first kappa shape index (κ1) is 15.5. The normalized spacial score (nSPS) is 21.9. The van der Waals surface area contributed by atoms with Crippen molar-refractivity contribution in [3.63, 3.8) is 0 Å². The van der Waals surface area contributed by atoms with Gasteiger partial charge in [0.25, 0.3) is 0 Å². The fraction of sp³-hybridized carbons (Fsp3) is 0.643. The van der Waals surface area contributed by atoms with Gasteiger partial charge in [0.05, 0.1) is 11.5 Å². The van der Waals surface area contributed by atoms with E-state index in [1.165, 1.54) is 9.75 Å². The summed E-state index contributed by atoms with van der Waals surface area (Å²) in [6.45, 7) is 4.24. The third-order valence-electron chi connectivity index (χ3n) is 3.60. The molecule has 4 nitrogen and oxygen atoms in total. The average molecular weight is 315 g/mol. The van der Waals surface area contributed by atoms with Gasteiger partial charge in [-0.1, -0.05) is 0 Å². The van der Waals surface area contributed by atoms with E-state index in [-0.39, 0.29) is 23.5 Å². The van der Waals surface area contributed by atoms with E-state index in [0.29, 0.717) is 13.0 Å². The van der Waals surface area contributed by atoms with Crippen molar-refractivity contribution in [3.05, 3.63) is 21.9 Å².